The highest BCUT2D eigenvalue weighted by Crippen LogP contribution is 2.22. The predicted molar refractivity (Wildman–Crippen MR) is 126 cm³/mol. The number of hydrogen-bond donors (Lipinski definition) is 0. The van der Waals surface area contributed by atoms with Crippen molar-refractivity contribution in [1.82, 2.24) is 14.5 Å². The van der Waals surface area contributed by atoms with Gasteiger partial charge in [0.15, 0.2) is 0 Å². The fourth-order valence-corrected chi connectivity index (χ4v) is 4.14. The summed E-state index contributed by atoms with van der Waals surface area (Å²) in [5.74, 6) is 1.31. The van der Waals surface area contributed by atoms with Crippen molar-refractivity contribution in [3.63, 3.8) is 0 Å². The Morgan fingerprint density at radius 2 is 1.91 bits per heavy atom. The summed E-state index contributed by atoms with van der Waals surface area (Å²) >= 11 is 5.84. The third-order valence-electron chi connectivity index (χ3n) is 5.71. The van der Waals surface area contributed by atoms with Crippen molar-refractivity contribution in [2.45, 2.75) is 45.4 Å². The molecule has 7 heteroatoms. The van der Waals surface area contributed by atoms with Crippen molar-refractivity contribution in [3.05, 3.63) is 82.0 Å². The molecule has 1 aromatic carbocycles. The summed E-state index contributed by atoms with van der Waals surface area (Å²) in [5.41, 5.74) is 1.35. The lowest BCUT2D eigenvalue weighted by Crippen LogP contribution is -2.39. The molecule has 1 aliphatic heterocycles. The summed E-state index contributed by atoms with van der Waals surface area (Å²) in [5, 5.41) is 0.573. The Hall–Kier alpha value is -2.83. The molecule has 0 unspecified atom stereocenters. The summed E-state index contributed by atoms with van der Waals surface area (Å²) in [6.07, 6.45) is 5.68. The molecular formula is C25H28ClN3O3. The number of benzene rings is 1. The average molecular weight is 454 g/mol. The average Bonchev–Trinajstić information content (AvgIpc) is 3.27. The highest BCUT2D eigenvalue weighted by molar-refractivity contribution is 6.30. The van der Waals surface area contributed by atoms with Crippen LogP contribution in [0.5, 0.6) is 11.5 Å². The topological polar surface area (TPSA) is 56.6 Å². The van der Waals surface area contributed by atoms with Gasteiger partial charge in [0, 0.05) is 36.2 Å². The first kappa shape index (κ1) is 22.4. The minimum Gasteiger partial charge on any atom is -0.492 e. The normalized spacial score (nSPS) is 16.4. The van der Waals surface area contributed by atoms with Crippen LogP contribution in [-0.2, 0) is 6.61 Å². The standard InChI is InChI=1S/C25H28ClN3O3/c1-18(2)28-12-3-4-22(28)17-32-23-9-7-21(8-10-23)29-13-11-24(14-25(29)30)31-16-20-6-5-19(26)15-27-20/h5-11,13-15,18,22H,3-4,12,16-17H2,1-2H3/t22-/m0/s1. The Kier molecular flexibility index (Phi) is 7.12. The number of rotatable bonds is 8. The second-order valence-corrected chi connectivity index (χ2v) is 8.70. The van der Waals surface area contributed by atoms with Crippen molar-refractivity contribution in [1.29, 1.82) is 0 Å². The number of aromatic nitrogens is 2. The van der Waals surface area contributed by atoms with E-state index in [0.717, 1.165) is 23.7 Å². The zero-order chi connectivity index (χ0) is 22.5. The monoisotopic (exact) mass is 453 g/mol. The van der Waals surface area contributed by atoms with Gasteiger partial charge in [0.1, 0.15) is 24.7 Å². The summed E-state index contributed by atoms with van der Waals surface area (Å²) < 4.78 is 13.3. The molecule has 0 spiro atoms. The van der Waals surface area contributed by atoms with E-state index in [9.17, 15) is 4.79 Å². The minimum absolute atomic E-state index is 0.168. The molecule has 0 radical (unpaired) electrons. The molecule has 3 heterocycles. The molecule has 0 saturated carbocycles. The van der Waals surface area contributed by atoms with Crippen LogP contribution in [0.1, 0.15) is 32.4 Å². The van der Waals surface area contributed by atoms with Gasteiger partial charge in [-0.1, -0.05) is 11.6 Å². The van der Waals surface area contributed by atoms with Gasteiger partial charge >= 0.3 is 0 Å². The lowest BCUT2D eigenvalue weighted by molar-refractivity contribution is 0.144. The van der Waals surface area contributed by atoms with E-state index in [0.29, 0.717) is 29.5 Å². The first-order valence-electron chi connectivity index (χ1n) is 10.9. The molecule has 0 N–H and O–H groups in total. The van der Waals surface area contributed by atoms with Crippen LogP contribution in [0.3, 0.4) is 0 Å². The molecule has 0 amide bonds. The van der Waals surface area contributed by atoms with Gasteiger partial charge in [0.25, 0.3) is 5.56 Å². The highest BCUT2D eigenvalue weighted by atomic mass is 35.5. The molecule has 32 heavy (non-hydrogen) atoms. The maximum atomic E-state index is 12.6. The van der Waals surface area contributed by atoms with Crippen LogP contribution >= 0.6 is 11.6 Å². The van der Waals surface area contributed by atoms with E-state index in [-0.39, 0.29) is 12.2 Å². The van der Waals surface area contributed by atoms with Gasteiger partial charge in [-0.05, 0) is 75.7 Å². The van der Waals surface area contributed by atoms with Crippen LogP contribution in [0, 0.1) is 0 Å². The summed E-state index contributed by atoms with van der Waals surface area (Å²) in [6.45, 7) is 6.56. The van der Waals surface area contributed by atoms with E-state index in [1.165, 1.54) is 18.9 Å². The second-order valence-electron chi connectivity index (χ2n) is 8.26. The summed E-state index contributed by atoms with van der Waals surface area (Å²) in [6, 6.07) is 15.4. The van der Waals surface area contributed by atoms with Crippen molar-refractivity contribution in [2.24, 2.45) is 0 Å². The lowest BCUT2D eigenvalue weighted by Gasteiger charge is -2.28. The Bertz CT molecular complexity index is 1080. The Labute approximate surface area is 193 Å². The number of ether oxygens (including phenoxy) is 2. The molecule has 0 bridgehead atoms. The molecule has 1 fully saturated rings. The minimum atomic E-state index is -0.168. The number of nitrogens with zero attached hydrogens (tertiary/aromatic N) is 3. The maximum Gasteiger partial charge on any atom is 0.258 e. The third-order valence-corrected chi connectivity index (χ3v) is 5.93. The largest absolute Gasteiger partial charge is 0.492 e. The van der Waals surface area contributed by atoms with Gasteiger partial charge in [0.2, 0.25) is 0 Å². The van der Waals surface area contributed by atoms with Crippen LogP contribution in [0.25, 0.3) is 5.69 Å². The SMILES string of the molecule is CC(C)N1CCC[C@H]1COc1ccc(-n2ccc(OCc3ccc(Cl)cn3)cc2=O)cc1. The third kappa shape index (κ3) is 5.50. The van der Waals surface area contributed by atoms with E-state index in [2.05, 4.69) is 23.7 Å². The second kappa shape index (κ2) is 10.2. The van der Waals surface area contributed by atoms with Gasteiger partial charge in [-0.15, -0.1) is 0 Å². The maximum absolute atomic E-state index is 12.6. The molecule has 3 aromatic rings. The van der Waals surface area contributed by atoms with Crippen LogP contribution in [0.2, 0.25) is 5.02 Å². The summed E-state index contributed by atoms with van der Waals surface area (Å²) in [7, 11) is 0. The Morgan fingerprint density at radius 3 is 2.59 bits per heavy atom. The van der Waals surface area contributed by atoms with Gasteiger partial charge in [-0.2, -0.15) is 0 Å². The lowest BCUT2D eigenvalue weighted by atomic mass is 10.2. The predicted octanol–water partition coefficient (Wildman–Crippen LogP) is 4.72. The van der Waals surface area contributed by atoms with Crippen molar-refractivity contribution < 1.29 is 9.47 Å². The zero-order valence-electron chi connectivity index (χ0n) is 18.4. The number of pyridine rings is 2. The van der Waals surface area contributed by atoms with E-state index < -0.39 is 0 Å². The molecule has 1 atom stereocenters. The number of hydrogen-bond acceptors (Lipinski definition) is 5. The smallest absolute Gasteiger partial charge is 0.258 e. The van der Waals surface area contributed by atoms with Gasteiger partial charge in [-0.25, -0.2) is 0 Å². The molecule has 1 saturated heterocycles. The first-order valence-corrected chi connectivity index (χ1v) is 11.3. The van der Waals surface area contributed by atoms with E-state index in [4.69, 9.17) is 21.1 Å². The summed E-state index contributed by atoms with van der Waals surface area (Å²) in [4.78, 5) is 19.3. The Morgan fingerprint density at radius 1 is 1.09 bits per heavy atom. The molecule has 6 nitrogen and oxygen atoms in total. The molecule has 2 aromatic heterocycles. The van der Waals surface area contributed by atoms with E-state index in [1.54, 1.807) is 35.2 Å². The highest BCUT2D eigenvalue weighted by Gasteiger charge is 2.26. The van der Waals surface area contributed by atoms with Gasteiger partial charge in [0.05, 0.1) is 10.7 Å². The molecule has 4 rings (SSSR count). The van der Waals surface area contributed by atoms with Crippen molar-refractivity contribution >= 4 is 11.6 Å². The van der Waals surface area contributed by atoms with Crippen LogP contribution in [-0.4, -0.2) is 39.7 Å². The van der Waals surface area contributed by atoms with E-state index >= 15 is 0 Å². The number of likely N-dealkylation sites (tertiary alicyclic amines) is 1. The zero-order valence-corrected chi connectivity index (χ0v) is 19.2. The van der Waals surface area contributed by atoms with Crippen LogP contribution < -0.4 is 15.0 Å². The molecular weight excluding hydrogens is 426 g/mol. The Balaban J connectivity index is 1.36. The fraction of sp³-hybridized carbons (Fsp3) is 0.360. The van der Waals surface area contributed by atoms with Gasteiger partial charge in [-0.3, -0.25) is 19.2 Å². The molecule has 168 valence electrons. The quantitative estimate of drug-likeness (QED) is 0.494. The van der Waals surface area contributed by atoms with Crippen LogP contribution in [0.15, 0.2) is 65.7 Å². The fourth-order valence-electron chi connectivity index (χ4n) is 4.03. The number of halogens is 1. The van der Waals surface area contributed by atoms with E-state index in [1.807, 2.05) is 24.3 Å². The van der Waals surface area contributed by atoms with Crippen molar-refractivity contribution in [3.8, 4) is 17.2 Å². The molecule has 1 aliphatic rings. The van der Waals surface area contributed by atoms with Gasteiger partial charge < -0.3 is 9.47 Å². The van der Waals surface area contributed by atoms with Crippen LogP contribution in [0.4, 0.5) is 0 Å². The van der Waals surface area contributed by atoms with Crippen molar-refractivity contribution in [2.75, 3.05) is 13.2 Å². The first-order chi connectivity index (χ1) is 15.5. The molecule has 0 aliphatic carbocycles.